The van der Waals surface area contributed by atoms with Gasteiger partial charge in [-0.2, -0.15) is 5.10 Å². The van der Waals surface area contributed by atoms with E-state index in [2.05, 4.69) is 0 Å². The maximum Gasteiger partial charge on any atom is 0.343 e. The fraction of sp³-hybridized carbons (Fsp3) is 0.0833. The predicted molar refractivity (Wildman–Crippen MR) is 172 cm³/mol. The number of hydrazone groups is 1. The number of amides is 1. The highest BCUT2D eigenvalue weighted by Gasteiger charge is 2.57. The lowest BCUT2D eigenvalue weighted by Crippen LogP contribution is -2.44. The highest BCUT2D eigenvalue weighted by atomic mass is 35.5. The molecule has 0 N–H and O–H groups in total. The SMILES string of the molecule is CCOc1ccc2c(c1)Oc1cc(OC(=O)c3ccccc3)ccc1C21c2ccccc2C(=O)N1/N=C/c1ccc(Cl)cc1Cl. The number of ether oxygens (including phenoxy) is 3. The van der Waals surface area contributed by atoms with Gasteiger partial charge in [0.2, 0.25) is 0 Å². The number of nitrogens with zero attached hydrogens (tertiary/aromatic N) is 2. The highest BCUT2D eigenvalue weighted by Crippen LogP contribution is 2.58. The first-order chi connectivity index (χ1) is 21.9. The first kappa shape index (κ1) is 28.6. The van der Waals surface area contributed by atoms with E-state index in [4.69, 9.17) is 42.5 Å². The maximum atomic E-state index is 14.2. The lowest BCUT2D eigenvalue weighted by Gasteiger charge is -2.41. The molecular weight excluding hydrogens is 611 g/mol. The molecule has 1 amide bonds. The van der Waals surface area contributed by atoms with Crippen LogP contribution in [0.15, 0.2) is 114 Å². The average Bonchev–Trinajstić information content (AvgIpc) is 3.29. The second kappa shape index (κ2) is 11.4. The zero-order chi connectivity index (χ0) is 31.1. The number of hydrogen-bond donors (Lipinski definition) is 0. The number of benzene rings is 5. The molecular formula is C36H24Cl2N2O5. The van der Waals surface area contributed by atoms with Crippen molar-refractivity contribution in [2.45, 2.75) is 12.5 Å². The third-order valence-corrected chi connectivity index (χ3v) is 8.33. The van der Waals surface area contributed by atoms with Gasteiger partial charge in [0, 0.05) is 45.0 Å². The van der Waals surface area contributed by atoms with E-state index in [0.29, 0.717) is 61.7 Å². The molecule has 0 fully saturated rings. The fourth-order valence-electron chi connectivity index (χ4n) is 5.84. The van der Waals surface area contributed by atoms with Crippen molar-refractivity contribution in [3.05, 3.63) is 153 Å². The van der Waals surface area contributed by atoms with Crippen molar-refractivity contribution in [2.24, 2.45) is 5.10 Å². The summed E-state index contributed by atoms with van der Waals surface area (Å²) in [6.45, 7) is 2.36. The Morgan fingerprint density at radius 3 is 2.27 bits per heavy atom. The largest absolute Gasteiger partial charge is 0.494 e. The third-order valence-electron chi connectivity index (χ3n) is 7.77. The minimum absolute atomic E-state index is 0.280. The predicted octanol–water partition coefficient (Wildman–Crippen LogP) is 8.50. The summed E-state index contributed by atoms with van der Waals surface area (Å²) in [6.07, 6.45) is 1.55. The minimum Gasteiger partial charge on any atom is -0.494 e. The van der Waals surface area contributed by atoms with Crippen LogP contribution in [-0.2, 0) is 5.54 Å². The van der Waals surface area contributed by atoms with Crippen LogP contribution in [0.2, 0.25) is 10.0 Å². The number of esters is 1. The number of hydrogen-bond acceptors (Lipinski definition) is 6. The Labute approximate surface area is 269 Å². The lowest BCUT2D eigenvalue weighted by molar-refractivity contribution is 0.0675. The van der Waals surface area contributed by atoms with Gasteiger partial charge >= 0.3 is 5.97 Å². The van der Waals surface area contributed by atoms with E-state index in [0.717, 1.165) is 5.56 Å². The van der Waals surface area contributed by atoms with Gasteiger partial charge in [-0.1, -0.05) is 65.7 Å². The lowest BCUT2D eigenvalue weighted by atomic mass is 9.75. The summed E-state index contributed by atoms with van der Waals surface area (Å²) < 4.78 is 18.0. The second-order valence-electron chi connectivity index (χ2n) is 10.4. The van der Waals surface area contributed by atoms with Crippen molar-refractivity contribution in [2.75, 3.05) is 6.61 Å². The van der Waals surface area contributed by atoms with Gasteiger partial charge in [0.15, 0.2) is 0 Å². The molecule has 2 heterocycles. The van der Waals surface area contributed by atoms with Crippen LogP contribution in [0.3, 0.4) is 0 Å². The van der Waals surface area contributed by atoms with Crippen molar-refractivity contribution in [1.82, 2.24) is 5.01 Å². The topological polar surface area (TPSA) is 77.4 Å². The maximum absolute atomic E-state index is 14.2. The van der Waals surface area contributed by atoms with Gasteiger partial charge in [0.05, 0.1) is 23.4 Å². The monoisotopic (exact) mass is 634 g/mol. The van der Waals surface area contributed by atoms with Gasteiger partial charge in [-0.25, -0.2) is 9.80 Å². The van der Waals surface area contributed by atoms with Crippen LogP contribution in [0.4, 0.5) is 0 Å². The first-order valence-electron chi connectivity index (χ1n) is 14.2. The Morgan fingerprint density at radius 1 is 0.844 bits per heavy atom. The van der Waals surface area contributed by atoms with E-state index in [1.807, 2.05) is 43.3 Å². The number of halogens is 2. The third kappa shape index (κ3) is 4.81. The van der Waals surface area contributed by atoms with Crippen molar-refractivity contribution in [3.63, 3.8) is 0 Å². The van der Waals surface area contributed by atoms with E-state index in [1.54, 1.807) is 79.0 Å². The molecule has 7 rings (SSSR count). The van der Waals surface area contributed by atoms with E-state index in [1.165, 1.54) is 5.01 Å². The number of carbonyl (C=O) groups excluding carboxylic acids is 2. The molecule has 0 aromatic heterocycles. The number of rotatable bonds is 6. The van der Waals surface area contributed by atoms with Gasteiger partial charge in [0.1, 0.15) is 28.5 Å². The van der Waals surface area contributed by atoms with E-state index >= 15 is 0 Å². The van der Waals surface area contributed by atoms with E-state index < -0.39 is 11.5 Å². The first-order valence-corrected chi connectivity index (χ1v) is 15.0. The summed E-state index contributed by atoms with van der Waals surface area (Å²) in [5.41, 5.74) is 2.29. The summed E-state index contributed by atoms with van der Waals surface area (Å²) >= 11 is 12.6. The molecule has 9 heteroatoms. The van der Waals surface area contributed by atoms with Crippen LogP contribution in [-0.4, -0.2) is 29.7 Å². The molecule has 0 radical (unpaired) electrons. The number of fused-ring (bicyclic) bond motifs is 6. The van der Waals surface area contributed by atoms with Crippen molar-refractivity contribution in [3.8, 4) is 23.0 Å². The molecule has 2 aliphatic rings. The van der Waals surface area contributed by atoms with Gasteiger partial charge in [0.25, 0.3) is 5.91 Å². The van der Waals surface area contributed by atoms with Gasteiger partial charge in [-0.05, 0) is 61.5 Å². The molecule has 5 aromatic carbocycles. The standard InChI is InChI=1S/C36H24Cl2N2O5/c1-2-43-25-14-16-29-32(19-25)45-33-20-26(44-35(42)22-8-4-3-5-9-22)15-17-30(33)36(29)28-11-7-6-10-27(28)34(41)40(36)39-21-23-12-13-24(37)18-31(23)38/h3-21H,2H2,1H3/b39-21+. The van der Waals surface area contributed by atoms with Gasteiger partial charge < -0.3 is 14.2 Å². The minimum atomic E-state index is -1.24. The quantitative estimate of drug-likeness (QED) is 0.106. The van der Waals surface area contributed by atoms with Crippen molar-refractivity contribution >= 4 is 41.3 Å². The molecule has 222 valence electrons. The van der Waals surface area contributed by atoms with Crippen LogP contribution < -0.4 is 14.2 Å². The van der Waals surface area contributed by atoms with Gasteiger partial charge in [-0.3, -0.25) is 4.79 Å². The molecule has 1 unspecified atom stereocenters. The molecule has 0 saturated heterocycles. The Bertz CT molecular complexity index is 2010. The van der Waals surface area contributed by atoms with Crippen molar-refractivity contribution < 1.29 is 23.8 Å². The molecule has 0 saturated carbocycles. The summed E-state index contributed by atoms with van der Waals surface area (Å²) in [4.78, 5) is 27.1. The van der Waals surface area contributed by atoms with Crippen LogP contribution in [0.25, 0.3) is 0 Å². The van der Waals surface area contributed by atoms with E-state index in [9.17, 15) is 9.59 Å². The molecule has 1 spiro atoms. The summed E-state index contributed by atoms with van der Waals surface area (Å²) in [7, 11) is 0. The Hall–Kier alpha value is -5.11. The molecule has 0 aliphatic carbocycles. The summed E-state index contributed by atoms with van der Waals surface area (Å²) in [5, 5.41) is 7.12. The molecule has 45 heavy (non-hydrogen) atoms. The zero-order valence-electron chi connectivity index (χ0n) is 23.9. The summed E-state index contributed by atoms with van der Waals surface area (Å²) in [6, 6.07) is 31.8. The van der Waals surface area contributed by atoms with E-state index in [-0.39, 0.29) is 11.7 Å². The molecule has 1 atom stereocenters. The van der Waals surface area contributed by atoms with Crippen LogP contribution in [0.5, 0.6) is 23.0 Å². The van der Waals surface area contributed by atoms with Crippen LogP contribution in [0, 0.1) is 0 Å². The Morgan fingerprint density at radius 2 is 1.53 bits per heavy atom. The van der Waals surface area contributed by atoms with Crippen LogP contribution in [0.1, 0.15) is 49.9 Å². The second-order valence-corrected chi connectivity index (χ2v) is 11.2. The molecule has 0 bridgehead atoms. The molecule has 2 aliphatic heterocycles. The summed E-state index contributed by atoms with van der Waals surface area (Å²) in [5.74, 6) is 0.926. The fourth-order valence-corrected chi connectivity index (χ4v) is 6.30. The Kier molecular flexibility index (Phi) is 7.28. The molecule has 5 aromatic rings. The molecule has 7 nitrogen and oxygen atoms in total. The zero-order valence-corrected chi connectivity index (χ0v) is 25.4. The van der Waals surface area contributed by atoms with Crippen molar-refractivity contribution in [1.29, 1.82) is 0 Å². The normalized spacial score (nSPS) is 16.2. The van der Waals surface area contributed by atoms with Gasteiger partial charge in [-0.15, -0.1) is 0 Å². The number of carbonyl (C=O) groups is 2. The van der Waals surface area contributed by atoms with Crippen LogP contribution >= 0.6 is 23.2 Å². The average molecular weight is 636 g/mol. The highest BCUT2D eigenvalue weighted by molar-refractivity contribution is 6.36. The smallest absolute Gasteiger partial charge is 0.343 e. The Balaban J connectivity index is 1.43.